The van der Waals surface area contributed by atoms with E-state index in [1.54, 1.807) is 0 Å². The van der Waals surface area contributed by atoms with Crippen LogP contribution in [0, 0.1) is 11.8 Å². The van der Waals surface area contributed by atoms with Gasteiger partial charge in [0.15, 0.2) is 0 Å². The van der Waals surface area contributed by atoms with Crippen molar-refractivity contribution >= 4 is 5.78 Å². The molecule has 0 radical (unpaired) electrons. The number of carbonyl (C=O) groups excluding carboxylic acids is 1. The van der Waals surface area contributed by atoms with Crippen LogP contribution >= 0.6 is 0 Å². The lowest BCUT2D eigenvalue weighted by atomic mass is 9.78. The van der Waals surface area contributed by atoms with Crippen LogP contribution in [0.4, 0.5) is 13.2 Å². The van der Waals surface area contributed by atoms with E-state index in [9.17, 15) is 18.0 Å². The summed E-state index contributed by atoms with van der Waals surface area (Å²) in [5, 5.41) is 0. The van der Waals surface area contributed by atoms with Crippen molar-refractivity contribution in [2.24, 2.45) is 11.8 Å². The first-order valence-corrected chi connectivity index (χ1v) is 8.54. The standard InChI is InChI=1S/C17H29F3O/c1-2-3-4-5-6-7-8-12-16(21)14-10-9-11-15(13-14)17(18,19)20/h14-15H,2-13H2,1H3. The number of Topliss-reactive ketones (excluding diaryl/α,β-unsaturated/α-hetero) is 1. The molecule has 0 aliphatic heterocycles. The van der Waals surface area contributed by atoms with E-state index in [0.717, 1.165) is 19.3 Å². The topological polar surface area (TPSA) is 17.1 Å². The molecule has 4 heteroatoms. The summed E-state index contributed by atoms with van der Waals surface area (Å²) in [5.41, 5.74) is 0. The molecule has 0 N–H and O–H groups in total. The number of hydrogen-bond acceptors (Lipinski definition) is 1. The minimum absolute atomic E-state index is 0.0266. The molecule has 2 atom stereocenters. The van der Waals surface area contributed by atoms with E-state index in [1.807, 2.05) is 0 Å². The summed E-state index contributed by atoms with van der Waals surface area (Å²) in [4.78, 5) is 12.0. The molecule has 1 fully saturated rings. The molecular formula is C17H29F3O. The van der Waals surface area contributed by atoms with Crippen LogP contribution in [0.5, 0.6) is 0 Å². The van der Waals surface area contributed by atoms with Crippen LogP contribution in [0.2, 0.25) is 0 Å². The lowest BCUT2D eigenvalue weighted by Crippen LogP contribution is -2.31. The van der Waals surface area contributed by atoms with Crippen molar-refractivity contribution in [2.45, 2.75) is 90.1 Å². The van der Waals surface area contributed by atoms with Gasteiger partial charge in [0, 0.05) is 12.3 Å². The molecule has 0 amide bonds. The molecule has 1 nitrogen and oxygen atoms in total. The number of unbranched alkanes of at least 4 members (excludes halogenated alkanes) is 6. The molecule has 21 heavy (non-hydrogen) atoms. The Morgan fingerprint density at radius 3 is 2.24 bits per heavy atom. The molecule has 2 unspecified atom stereocenters. The fraction of sp³-hybridized carbons (Fsp3) is 0.941. The van der Waals surface area contributed by atoms with Gasteiger partial charge in [-0.1, -0.05) is 51.9 Å². The fourth-order valence-corrected chi connectivity index (χ4v) is 3.24. The van der Waals surface area contributed by atoms with Gasteiger partial charge in [0.1, 0.15) is 5.78 Å². The van der Waals surface area contributed by atoms with Crippen LogP contribution in [0.15, 0.2) is 0 Å². The van der Waals surface area contributed by atoms with E-state index in [0.29, 0.717) is 19.3 Å². The molecular weight excluding hydrogens is 277 g/mol. The number of alkyl halides is 3. The molecule has 0 aromatic rings. The fourth-order valence-electron chi connectivity index (χ4n) is 3.24. The maximum Gasteiger partial charge on any atom is 0.391 e. The van der Waals surface area contributed by atoms with E-state index in [4.69, 9.17) is 0 Å². The van der Waals surface area contributed by atoms with E-state index < -0.39 is 12.1 Å². The van der Waals surface area contributed by atoms with Crippen LogP contribution in [-0.4, -0.2) is 12.0 Å². The summed E-state index contributed by atoms with van der Waals surface area (Å²) in [5.74, 6) is -1.53. The molecule has 1 saturated carbocycles. The summed E-state index contributed by atoms with van der Waals surface area (Å²) in [6.45, 7) is 2.18. The number of carbonyl (C=O) groups is 1. The molecule has 1 aliphatic rings. The molecule has 0 aromatic heterocycles. The number of ketones is 1. The highest BCUT2D eigenvalue weighted by molar-refractivity contribution is 5.81. The third-order valence-electron chi connectivity index (χ3n) is 4.62. The Hall–Kier alpha value is -0.540. The van der Waals surface area contributed by atoms with Crippen molar-refractivity contribution < 1.29 is 18.0 Å². The van der Waals surface area contributed by atoms with Gasteiger partial charge >= 0.3 is 6.18 Å². The van der Waals surface area contributed by atoms with E-state index in [-0.39, 0.29) is 24.5 Å². The van der Waals surface area contributed by atoms with Crippen LogP contribution in [0.1, 0.15) is 84.0 Å². The molecule has 0 spiro atoms. The first-order chi connectivity index (χ1) is 9.95. The average molecular weight is 306 g/mol. The predicted molar refractivity (Wildman–Crippen MR) is 79.1 cm³/mol. The molecule has 0 saturated heterocycles. The van der Waals surface area contributed by atoms with Gasteiger partial charge in [0.2, 0.25) is 0 Å². The minimum Gasteiger partial charge on any atom is -0.299 e. The number of rotatable bonds is 9. The Morgan fingerprint density at radius 1 is 1.00 bits per heavy atom. The summed E-state index contributed by atoms with van der Waals surface area (Å²) in [7, 11) is 0. The van der Waals surface area contributed by atoms with Gasteiger partial charge in [-0.3, -0.25) is 4.79 Å². The third-order valence-corrected chi connectivity index (χ3v) is 4.62. The Balaban J connectivity index is 2.17. The average Bonchev–Trinajstić information content (AvgIpc) is 2.45. The lowest BCUT2D eigenvalue weighted by Gasteiger charge is -2.29. The monoisotopic (exact) mass is 306 g/mol. The van der Waals surface area contributed by atoms with Crippen molar-refractivity contribution in [3.05, 3.63) is 0 Å². The molecule has 0 aromatic carbocycles. The zero-order valence-corrected chi connectivity index (χ0v) is 13.2. The quantitative estimate of drug-likeness (QED) is 0.473. The molecule has 1 aliphatic carbocycles. The summed E-state index contributed by atoms with van der Waals surface area (Å²) in [6.07, 6.45) is 5.73. The second-order valence-electron chi connectivity index (χ2n) is 6.44. The van der Waals surface area contributed by atoms with Crippen molar-refractivity contribution in [2.75, 3.05) is 0 Å². The predicted octanol–water partition coefficient (Wildman–Crippen LogP) is 6.06. The lowest BCUT2D eigenvalue weighted by molar-refractivity contribution is -0.186. The Morgan fingerprint density at radius 2 is 1.62 bits per heavy atom. The Labute approximate surface area is 126 Å². The summed E-state index contributed by atoms with van der Waals surface area (Å²) >= 11 is 0. The van der Waals surface area contributed by atoms with Gasteiger partial charge in [0.25, 0.3) is 0 Å². The maximum atomic E-state index is 12.7. The summed E-state index contributed by atoms with van der Waals surface area (Å²) < 4.78 is 38.2. The van der Waals surface area contributed by atoms with Crippen LogP contribution in [0.25, 0.3) is 0 Å². The normalized spacial score (nSPS) is 23.2. The van der Waals surface area contributed by atoms with Crippen LogP contribution in [-0.2, 0) is 4.79 Å². The van der Waals surface area contributed by atoms with Crippen molar-refractivity contribution in [1.29, 1.82) is 0 Å². The number of hydrogen-bond donors (Lipinski definition) is 0. The van der Waals surface area contributed by atoms with Crippen LogP contribution in [0.3, 0.4) is 0 Å². The van der Waals surface area contributed by atoms with Crippen molar-refractivity contribution in [1.82, 2.24) is 0 Å². The van der Waals surface area contributed by atoms with Gasteiger partial charge < -0.3 is 0 Å². The van der Waals surface area contributed by atoms with E-state index >= 15 is 0 Å². The number of halogens is 3. The van der Waals surface area contributed by atoms with E-state index in [2.05, 4.69) is 6.92 Å². The molecule has 1 rings (SSSR count). The zero-order chi connectivity index (χ0) is 15.7. The third kappa shape index (κ3) is 7.32. The van der Waals surface area contributed by atoms with Crippen LogP contribution < -0.4 is 0 Å². The largest absolute Gasteiger partial charge is 0.391 e. The van der Waals surface area contributed by atoms with Gasteiger partial charge in [0.05, 0.1) is 5.92 Å². The maximum absolute atomic E-state index is 12.7. The zero-order valence-electron chi connectivity index (χ0n) is 13.2. The Bertz CT molecular complexity index is 299. The van der Waals surface area contributed by atoms with Crippen molar-refractivity contribution in [3.63, 3.8) is 0 Å². The minimum atomic E-state index is -4.13. The first-order valence-electron chi connectivity index (χ1n) is 8.54. The Kier molecular flexibility index (Phi) is 8.35. The molecule has 0 bridgehead atoms. The first kappa shape index (κ1) is 18.5. The second kappa shape index (κ2) is 9.47. The van der Waals surface area contributed by atoms with Gasteiger partial charge in [-0.2, -0.15) is 13.2 Å². The molecule has 0 heterocycles. The van der Waals surface area contributed by atoms with Gasteiger partial charge in [-0.05, 0) is 25.7 Å². The molecule has 124 valence electrons. The highest BCUT2D eigenvalue weighted by atomic mass is 19.4. The summed E-state index contributed by atoms with van der Waals surface area (Å²) in [6, 6.07) is 0. The SMILES string of the molecule is CCCCCCCCCC(=O)C1CCCC(C(F)(F)F)C1. The van der Waals surface area contributed by atoms with Crippen molar-refractivity contribution in [3.8, 4) is 0 Å². The highest BCUT2D eigenvalue weighted by Gasteiger charge is 2.43. The smallest absolute Gasteiger partial charge is 0.299 e. The second-order valence-corrected chi connectivity index (χ2v) is 6.44. The van der Waals surface area contributed by atoms with Gasteiger partial charge in [-0.15, -0.1) is 0 Å². The highest BCUT2D eigenvalue weighted by Crippen LogP contribution is 2.40. The van der Waals surface area contributed by atoms with E-state index in [1.165, 1.54) is 25.7 Å². The van der Waals surface area contributed by atoms with Gasteiger partial charge in [-0.25, -0.2) is 0 Å².